The summed E-state index contributed by atoms with van der Waals surface area (Å²) in [5, 5.41) is 12.2. The van der Waals surface area contributed by atoms with E-state index in [1.807, 2.05) is 0 Å². The fourth-order valence-corrected chi connectivity index (χ4v) is 2.25. The van der Waals surface area contributed by atoms with Crippen LogP contribution in [0.3, 0.4) is 0 Å². The Labute approximate surface area is 95.5 Å². The molecule has 1 aliphatic rings. The molecule has 1 aliphatic heterocycles. The van der Waals surface area contributed by atoms with E-state index < -0.39 is 5.97 Å². The molecule has 0 amide bonds. The molecule has 1 atom stereocenters. The largest absolute Gasteiger partial charge is 0.481 e. The lowest BCUT2D eigenvalue weighted by Crippen LogP contribution is -2.28. The van der Waals surface area contributed by atoms with Crippen molar-refractivity contribution in [1.82, 2.24) is 0 Å². The molecule has 2 rings (SSSR count). The predicted octanol–water partition coefficient (Wildman–Crippen LogP) is 2.50. The monoisotopic (exact) mass is 219 g/mol. The average molecular weight is 219 g/mol. The highest BCUT2D eigenvalue weighted by atomic mass is 16.4. The maximum absolute atomic E-state index is 10.7. The number of nitrogens with one attached hydrogen (secondary N) is 1. The number of hydrogen-bond donors (Lipinski definition) is 2. The highest BCUT2D eigenvalue weighted by Gasteiger charge is 2.21. The van der Waals surface area contributed by atoms with E-state index in [2.05, 4.69) is 31.3 Å². The van der Waals surface area contributed by atoms with Gasteiger partial charge in [-0.25, -0.2) is 0 Å². The van der Waals surface area contributed by atoms with Crippen molar-refractivity contribution in [3.8, 4) is 0 Å². The van der Waals surface area contributed by atoms with Gasteiger partial charge in [-0.1, -0.05) is 12.1 Å². The van der Waals surface area contributed by atoms with Gasteiger partial charge in [0.05, 0.1) is 6.42 Å². The van der Waals surface area contributed by atoms with Crippen LogP contribution < -0.4 is 5.32 Å². The molecule has 0 saturated heterocycles. The molecule has 0 radical (unpaired) electrons. The van der Waals surface area contributed by atoms with Crippen molar-refractivity contribution in [3.63, 3.8) is 0 Å². The highest BCUT2D eigenvalue weighted by Crippen LogP contribution is 2.30. The standard InChI is InChI=1S/C13H17NO2/c1-8-3-4-10-5-6-11(7-12(15)16)14-13(10)9(8)2/h3-4,11,14H,5-7H2,1-2H3,(H,15,16). The van der Waals surface area contributed by atoms with Crippen LogP contribution >= 0.6 is 0 Å². The zero-order valence-corrected chi connectivity index (χ0v) is 9.71. The Hall–Kier alpha value is -1.51. The number of rotatable bonds is 2. The van der Waals surface area contributed by atoms with Crippen LogP contribution in [0.4, 0.5) is 5.69 Å². The van der Waals surface area contributed by atoms with E-state index >= 15 is 0 Å². The second-order valence-electron chi connectivity index (χ2n) is 4.52. The molecule has 0 aliphatic carbocycles. The Morgan fingerprint density at radius 2 is 2.25 bits per heavy atom. The summed E-state index contributed by atoms with van der Waals surface area (Å²) >= 11 is 0. The first kappa shape index (κ1) is 11.0. The molecule has 0 aromatic heterocycles. The van der Waals surface area contributed by atoms with Gasteiger partial charge in [-0.05, 0) is 43.4 Å². The number of aliphatic carboxylic acids is 1. The van der Waals surface area contributed by atoms with Gasteiger partial charge in [0.2, 0.25) is 0 Å². The fraction of sp³-hybridized carbons (Fsp3) is 0.462. The number of carboxylic acids is 1. The molecule has 1 aromatic carbocycles. The van der Waals surface area contributed by atoms with Crippen LogP contribution in [-0.2, 0) is 11.2 Å². The smallest absolute Gasteiger partial charge is 0.305 e. The topological polar surface area (TPSA) is 49.3 Å². The van der Waals surface area contributed by atoms with Crippen molar-refractivity contribution >= 4 is 11.7 Å². The minimum Gasteiger partial charge on any atom is -0.481 e. The summed E-state index contributed by atoms with van der Waals surface area (Å²) in [5.41, 5.74) is 4.96. The number of anilines is 1. The van der Waals surface area contributed by atoms with E-state index in [0.717, 1.165) is 18.5 Å². The molecule has 86 valence electrons. The predicted molar refractivity (Wildman–Crippen MR) is 63.9 cm³/mol. The number of hydrogen-bond acceptors (Lipinski definition) is 2. The Morgan fingerprint density at radius 1 is 1.50 bits per heavy atom. The summed E-state index contributed by atoms with van der Waals surface area (Å²) in [5.74, 6) is -0.730. The highest BCUT2D eigenvalue weighted by molar-refractivity contribution is 5.70. The molecule has 2 N–H and O–H groups in total. The lowest BCUT2D eigenvalue weighted by atomic mass is 9.92. The van der Waals surface area contributed by atoms with Gasteiger partial charge >= 0.3 is 5.97 Å². The maximum Gasteiger partial charge on any atom is 0.305 e. The molecule has 1 unspecified atom stereocenters. The van der Waals surface area contributed by atoms with E-state index in [1.54, 1.807) is 0 Å². The van der Waals surface area contributed by atoms with Crippen LogP contribution in [0.25, 0.3) is 0 Å². The van der Waals surface area contributed by atoms with Gasteiger partial charge in [-0.15, -0.1) is 0 Å². The minimum absolute atomic E-state index is 0.0745. The Morgan fingerprint density at radius 3 is 2.94 bits per heavy atom. The molecule has 0 bridgehead atoms. The van der Waals surface area contributed by atoms with Crippen LogP contribution in [0.15, 0.2) is 12.1 Å². The molecule has 1 aromatic rings. The van der Waals surface area contributed by atoms with Crippen LogP contribution in [0.1, 0.15) is 29.5 Å². The van der Waals surface area contributed by atoms with Crippen LogP contribution in [-0.4, -0.2) is 17.1 Å². The van der Waals surface area contributed by atoms with Crippen molar-refractivity contribution in [2.24, 2.45) is 0 Å². The Kier molecular flexibility index (Phi) is 2.86. The van der Waals surface area contributed by atoms with Crippen LogP contribution in [0.5, 0.6) is 0 Å². The molecule has 16 heavy (non-hydrogen) atoms. The fourth-order valence-electron chi connectivity index (χ4n) is 2.25. The van der Waals surface area contributed by atoms with E-state index in [1.165, 1.54) is 16.7 Å². The second-order valence-corrected chi connectivity index (χ2v) is 4.52. The quantitative estimate of drug-likeness (QED) is 0.803. The van der Waals surface area contributed by atoms with Crippen molar-refractivity contribution in [2.45, 2.75) is 39.2 Å². The van der Waals surface area contributed by atoms with E-state index in [9.17, 15) is 4.79 Å². The SMILES string of the molecule is Cc1ccc2c(c1C)NC(CC(=O)O)CC2. The lowest BCUT2D eigenvalue weighted by molar-refractivity contribution is -0.137. The molecule has 1 heterocycles. The second kappa shape index (κ2) is 4.16. The first-order chi connectivity index (χ1) is 7.58. The number of carboxylic acid groups (broad SMARTS) is 1. The van der Waals surface area contributed by atoms with Gasteiger partial charge in [0, 0.05) is 11.7 Å². The third-order valence-electron chi connectivity index (χ3n) is 3.35. The van der Waals surface area contributed by atoms with Crippen LogP contribution in [0.2, 0.25) is 0 Å². The molecule has 0 fully saturated rings. The Bertz CT molecular complexity index is 426. The molecule has 3 heteroatoms. The normalized spacial score (nSPS) is 18.8. The molecule has 0 spiro atoms. The number of benzene rings is 1. The van der Waals surface area contributed by atoms with Crippen molar-refractivity contribution in [1.29, 1.82) is 0 Å². The van der Waals surface area contributed by atoms with Crippen molar-refractivity contribution < 1.29 is 9.90 Å². The van der Waals surface area contributed by atoms with Gasteiger partial charge in [0.1, 0.15) is 0 Å². The van der Waals surface area contributed by atoms with Gasteiger partial charge in [-0.3, -0.25) is 4.79 Å². The molecular formula is C13H17NO2. The van der Waals surface area contributed by atoms with Gasteiger partial charge in [0.15, 0.2) is 0 Å². The first-order valence-corrected chi connectivity index (χ1v) is 5.65. The molecule has 3 nitrogen and oxygen atoms in total. The lowest BCUT2D eigenvalue weighted by Gasteiger charge is -2.28. The summed E-state index contributed by atoms with van der Waals surface area (Å²) in [6.45, 7) is 4.17. The zero-order chi connectivity index (χ0) is 11.7. The minimum atomic E-state index is -0.730. The zero-order valence-electron chi connectivity index (χ0n) is 9.71. The van der Waals surface area contributed by atoms with Crippen molar-refractivity contribution in [2.75, 3.05) is 5.32 Å². The first-order valence-electron chi connectivity index (χ1n) is 5.65. The summed E-state index contributed by atoms with van der Waals surface area (Å²) in [6, 6.07) is 4.35. The van der Waals surface area contributed by atoms with Gasteiger partial charge in [-0.2, -0.15) is 0 Å². The third kappa shape index (κ3) is 2.03. The third-order valence-corrected chi connectivity index (χ3v) is 3.35. The van der Waals surface area contributed by atoms with Gasteiger partial charge < -0.3 is 10.4 Å². The molecule has 0 saturated carbocycles. The molecular weight excluding hydrogens is 202 g/mol. The van der Waals surface area contributed by atoms with E-state index in [4.69, 9.17) is 5.11 Å². The maximum atomic E-state index is 10.7. The number of carbonyl (C=O) groups is 1. The number of fused-ring (bicyclic) bond motifs is 1. The average Bonchev–Trinajstić information content (AvgIpc) is 2.23. The Balaban J connectivity index is 2.25. The van der Waals surface area contributed by atoms with Gasteiger partial charge in [0.25, 0.3) is 0 Å². The summed E-state index contributed by atoms with van der Waals surface area (Å²) in [7, 11) is 0. The summed E-state index contributed by atoms with van der Waals surface area (Å²) in [6.07, 6.45) is 2.08. The summed E-state index contributed by atoms with van der Waals surface area (Å²) in [4.78, 5) is 10.7. The number of aryl methyl sites for hydroxylation is 2. The van der Waals surface area contributed by atoms with E-state index in [0.29, 0.717) is 0 Å². The van der Waals surface area contributed by atoms with E-state index in [-0.39, 0.29) is 12.5 Å². The van der Waals surface area contributed by atoms with Crippen LogP contribution in [0, 0.1) is 13.8 Å². The van der Waals surface area contributed by atoms with Crippen molar-refractivity contribution in [3.05, 3.63) is 28.8 Å². The summed E-state index contributed by atoms with van der Waals surface area (Å²) < 4.78 is 0.